The number of rotatable bonds is 8. The van der Waals surface area contributed by atoms with E-state index in [0.717, 1.165) is 72.2 Å². The Bertz CT molecular complexity index is 1330. The molecule has 8 heteroatoms. The molecule has 0 radical (unpaired) electrons. The summed E-state index contributed by atoms with van der Waals surface area (Å²) in [6.07, 6.45) is 7.88. The average molecular weight is 516 g/mol. The van der Waals surface area contributed by atoms with E-state index in [-0.39, 0.29) is 12.1 Å². The smallest absolute Gasteiger partial charge is 0.237 e. The van der Waals surface area contributed by atoms with Gasteiger partial charge < -0.3 is 19.6 Å². The minimum absolute atomic E-state index is 0.144. The number of carbonyl (C=O) groups excluding carboxylic acids is 1. The molecule has 1 amide bonds. The van der Waals surface area contributed by atoms with E-state index in [1.165, 1.54) is 0 Å². The van der Waals surface area contributed by atoms with Crippen molar-refractivity contribution in [2.45, 2.75) is 43.7 Å². The Labute approximate surface area is 224 Å². The molecule has 1 saturated heterocycles. The molecule has 8 nitrogen and oxygen atoms in total. The Morgan fingerprint density at radius 1 is 1.11 bits per heavy atom. The van der Waals surface area contributed by atoms with Crippen molar-refractivity contribution >= 4 is 22.5 Å². The number of benzene rings is 1. The third-order valence-electron chi connectivity index (χ3n) is 8.54. The van der Waals surface area contributed by atoms with Gasteiger partial charge in [0, 0.05) is 55.5 Å². The Balaban J connectivity index is 1.29. The third-order valence-corrected chi connectivity index (χ3v) is 8.54. The minimum atomic E-state index is -0.577. The van der Waals surface area contributed by atoms with E-state index in [4.69, 9.17) is 9.72 Å². The summed E-state index contributed by atoms with van der Waals surface area (Å²) in [5.74, 6) is 1.17. The van der Waals surface area contributed by atoms with Crippen molar-refractivity contribution in [3.8, 4) is 17.0 Å². The lowest BCUT2D eigenvalue weighted by atomic mass is 9.72. The van der Waals surface area contributed by atoms with E-state index >= 15 is 0 Å². The van der Waals surface area contributed by atoms with Gasteiger partial charge in [0.25, 0.3) is 0 Å². The van der Waals surface area contributed by atoms with E-state index in [1.54, 1.807) is 4.90 Å². The highest BCUT2D eigenvalue weighted by Gasteiger charge is 2.53. The molecule has 2 aliphatic heterocycles. The summed E-state index contributed by atoms with van der Waals surface area (Å²) in [6.45, 7) is 3.06. The molecule has 1 aromatic carbocycles. The van der Waals surface area contributed by atoms with E-state index in [9.17, 15) is 9.90 Å². The van der Waals surface area contributed by atoms with Crippen molar-refractivity contribution in [3.63, 3.8) is 0 Å². The van der Waals surface area contributed by atoms with Crippen molar-refractivity contribution < 1.29 is 14.6 Å². The van der Waals surface area contributed by atoms with Crippen LogP contribution in [0.25, 0.3) is 22.0 Å². The quantitative estimate of drug-likeness (QED) is 0.459. The van der Waals surface area contributed by atoms with Gasteiger partial charge in [-0.3, -0.25) is 14.7 Å². The van der Waals surface area contributed by atoms with Crippen LogP contribution >= 0.6 is 0 Å². The highest BCUT2D eigenvalue weighted by Crippen LogP contribution is 2.51. The number of anilines is 1. The molecular formula is C30H37N5O3. The van der Waals surface area contributed by atoms with Crippen LogP contribution in [0.2, 0.25) is 0 Å². The number of pyridine rings is 2. The number of hydrogen-bond acceptors (Lipinski definition) is 7. The topological polar surface area (TPSA) is 82.0 Å². The van der Waals surface area contributed by atoms with Crippen LogP contribution in [0, 0.1) is 5.92 Å². The van der Waals surface area contributed by atoms with Gasteiger partial charge in [0.05, 0.1) is 29.4 Å². The molecule has 4 heterocycles. The minimum Gasteiger partial charge on any atom is -0.478 e. The van der Waals surface area contributed by atoms with Gasteiger partial charge in [-0.1, -0.05) is 6.07 Å². The van der Waals surface area contributed by atoms with E-state index in [2.05, 4.69) is 41.0 Å². The van der Waals surface area contributed by atoms with Crippen molar-refractivity contribution in [3.05, 3.63) is 48.3 Å². The summed E-state index contributed by atoms with van der Waals surface area (Å²) in [5.41, 5.74) is 4.34. The average Bonchev–Trinajstić information content (AvgIpc) is 3.77. The van der Waals surface area contributed by atoms with Crippen molar-refractivity contribution in [2.24, 2.45) is 5.92 Å². The van der Waals surface area contributed by atoms with Gasteiger partial charge in [-0.25, -0.2) is 4.98 Å². The fraction of sp³-hybridized carbons (Fsp3) is 0.500. The number of piperidine rings is 1. The first-order valence-corrected chi connectivity index (χ1v) is 13.7. The predicted octanol–water partition coefficient (Wildman–Crippen LogP) is 3.67. The van der Waals surface area contributed by atoms with Gasteiger partial charge in [0.15, 0.2) is 0 Å². The summed E-state index contributed by atoms with van der Waals surface area (Å²) in [6, 6.07) is 10.2. The Hall–Kier alpha value is -3.07. The molecule has 2 aromatic heterocycles. The number of ether oxygens (including phenoxy) is 1. The lowest BCUT2D eigenvalue weighted by Gasteiger charge is -2.40. The van der Waals surface area contributed by atoms with Crippen LogP contribution in [0.1, 0.15) is 37.7 Å². The maximum Gasteiger partial charge on any atom is 0.237 e. The van der Waals surface area contributed by atoms with Gasteiger partial charge in [0.1, 0.15) is 6.23 Å². The molecule has 3 aliphatic rings. The second-order valence-electron chi connectivity index (χ2n) is 11.4. The van der Waals surface area contributed by atoms with Crippen LogP contribution in [0.4, 0.5) is 5.69 Å². The largest absolute Gasteiger partial charge is 0.478 e. The zero-order valence-electron chi connectivity index (χ0n) is 22.6. The molecular weight excluding hydrogens is 478 g/mol. The van der Waals surface area contributed by atoms with Crippen molar-refractivity contribution in [1.29, 1.82) is 0 Å². The molecule has 38 heavy (non-hydrogen) atoms. The van der Waals surface area contributed by atoms with E-state index in [0.29, 0.717) is 31.2 Å². The Morgan fingerprint density at radius 2 is 1.87 bits per heavy atom. The normalized spacial score (nSPS) is 19.9. The number of aliphatic hydroxyl groups excluding tert-OH is 1. The van der Waals surface area contributed by atoms with Gasteiger partial charge in [-0.15, -0.1) is 0 Å². The Kier molecular flexibility index (Phi) is 6.58. The number of aliphatic hydroxyl groups is 1. The summed E-state index contributed by atoms with van der Waals surface area (Å²) >= 11 is 0. The second kappa shape index (κ2) is 9.91. The maximum absolute atomic E-state index is 13.7. The molecule has 6 rings (SSSR count). The first kappa shape index (κ1) is 25.2. The predicted molar refractivity (Wildman–Crippen MR) is 148 cm³/mol. The van der Waals surface area contributed by atoms with E-state index < -0.39 is 5.41 Å². The van der Waals surface area contributed by atoms with Gasteiger partial charge in [0.2, 0.25) is 11.8 Å². The van der Waals surface area contributed by atoms with Crippen LogP contribution in [-0.2, 0) is 10.2 Å². The SMILES string of the molecule is CN(C)CCCOc1ccc(-c2ccc3ncc4c(c3c2)C2(CCN(C(O)C3CC3)CC2)C(=O)N4C)cn1. The van der Waals surface area contributed by atoms with Crippen LogP contribution in [0.5, 0.6) is 5.88 Å². The maximum atomic E-state index is 13.7. The zero-order chi connectivity index (χ0) is 26.4. The monoisotopic (exact) mass is 515 g/mol. The number of amides is 1. The number of likely N-dealkylation sites (tertiary alicyclic amines) is 1. The number of nitrogens with zero attached hydrogens (tertiary/aromatic N) is 5. The fourth-order valence-corrected chi connectivity index (χ4v) is 6.18. The van der Waals surface area contributed by atoms with Crippen LogP contribution in [-0.4, -0.2) is 84.4 Å². The molecule has 0 bridgehead atoms. The van der Waals surface area contributed by atoms with Gasteiger partial charge >= 0.3 is 0 Å². The summed E-state index contributed by atoms with van der Waals surface area (Å²) in [7, 11) is 5.97. The standard InChI is InChI=1S/C30H37N5O3/c1-33(2)13-4-16-38-26-10-8-22(18-32-26)21-7-9-24-23(17-21)27-25(19-31-24)34(3)29(37)30(27)11-14-35(15-12-30)28(36)20-5-6-20/h7-10,17-20,28,36H,4-6,11-16H2,1-3H3. The number of aromatic nitrogens is 2. The zero-order valence-corrected chi connectivity index (χ0v) is 22.6. The molecule has 1 saturated carbocycles. The van der Waals surface area contributed by atoms with Crippen LogP contribution in [0.15, 0.2) is 42.7 Å². The molecule has 2 fully saturated rings. The molecule has 1 unspecified atom stereocenters. The van der Waals surface area contributed by atoms with Crippen molar-refractivity contribution in [2.75, 3.05) is 52.3 Å². The Morgan fingerprint density at radius 3 is 2.55 bits per heavy atom. The highest BCUT2D eigenvalue weighted by molar-refractivity contribution is 6.12. The fourth-order valence-electron chi connectivity index (χ4n) is 6.18. The van der Waals surface area contributed by atoms with Crippen molar-refractivity contribution in [1.82, 2.24) is 19.8 Å². The first-order valence-electron chi connectivity index (χ1n) is 13.7. The summed E-state index contributed by atoms with van der Waals surface area (Å²) in [4.78, 5) is 29.1. The van der Waals surface area contributed by atoms with E-state index in [1.807, 2.05) is 37.6 Å². The molecule has 1 spiro atoms. The summed E-state index contributed by atoms with van der Waals surface area (Å²) in [5, 5.41) is 11.7. The first-order chi connectivity index (χ1) is 18.4. The van der Waals surface area contributed by atoms with Crippen LogP contribution in [0.3, 0.4) is 0 Å². The third kappa shape index (κ3) is 4.44. The van der Waals surface area contributed by atoms with Crippen LogP contribution < -0.4 is 9.64 Å². The lowest BCUT2D eigenvalue weighted by Crippen LogP contribution is -2.51. The molecule has 1 aliphatic carbocycles. The highest BCUT2D eigenvalue weighted by atomic mass is 16.5. The number of carbonyl (C=O) groups is 1. The molecule has 200 valence electrons. The number of hydrogen-bond donors (Lipinski definition) is 1. The van der Waals surface area contributed by atoms with Gasteiger partial charge in [-0.2, -0.15) is 0 Å². The molecule has 1 atom stereocenters. The molecule has 3 aromatic rings. The lowest BCUT2D eigenvalue weighted by molar-refractivity contribution is -0.126. The van der Waals surface area contributed by atoms with Gasteiger partial charge in [-0.05, 0) is 75.9 Å². The molecule has 1 N–H and O–H groups in total. The second-order valence-corrected chi connectivity index (χ2v) is 11.4. The summed E-state index contributed by atoms with van der Waals surface area (Å²) < 4.78 is 5.81. The number of fused-ring (bicyclic) bond motifs is 4. The number of likely N-dealkylation sites (N-methyl/N-ethyl adjacent to an activating group) is 1.